The van der Waals surface area contributed by atoms with Crippen molar-refractivity contribution in [2.24, 2.45) is 5.92 Å². The Morgan fingerprint density at radius 1 is 0.967 bits per heavy atom. The fourth-order valence-electron chi connectivity index (χ4n) is 3.72. The lowest BCUT2D eigenvalue weighted by Gasteiger charge is -2.17. The number of unbranched alkanes of at least 4 members (excludes halogenated alkanes) is 8. The Morgan fingerprint density at radius 3 is 2.13 bits per heavy atom. The van der Waals surface area contributed by atoms with Crippen LogP contribution in [0, 0.1) is 5.92 Å². The smallest absolute Gasteiger partial charge is 0.307 e. The maximum atomic E-state index is 12.5. The number of esters is 1. The van der Waals surface area contributed by atoms with Gasteiger partial charge in [0.15, 0.2) is 0 Å². The third-order valence-corrected chi connectivity index (χ3v) is 5.66. The molecule has 30 heavy (non-hydrogen) atoms. The van der Waals surface area contributed by atoms with Crippen molar-refractivity contribution in [2.45, 2.75) is 76.7 Å². The quantitative estimate of drug-likeness (QED) is 0.314. The molecule has 2 N–H and O–H groups in total. The van der Waals surface area contributed by atoms with Gasteiger partial charge in [0.05, 0.1) is 12.3 Å². The van der Waals surface area contributed by atoms with Crippen LogP contribution in [0.4, 0.5) is 0 Å². The van der Waals surface area contributed by atoms with Gasteiger partial charge in [0.25, 0.3) is 0 Å². The minimum Gasteiger partial charge on any atom is -0.481 e. The summed E-state index contributed by atoms with van der Waals surface area (Å²) in [7, 11) is 0. The summed E-state index contributed by atoms with van der Waals surface area (Å²) in [5.41, 5.74) is 0.786. The van der Waals surface area contributed by atoms with Crippen LogP contribution >= 0.6 is 11.6 Å². The largest absolute Gasteiger partial charge is 0.481 e. The van der Waals surface area contributed by atoms with Gasteiger partial charge in [-0.25, -0.2) is 0 Å². The number of carbonyl (C=O) groups is 3. The number of hydrogen-bond donors (Lipinski definition) is 2. The van der Waals surface area contributed by atoms with Crippen molar-refractivity contribution in [1.82, 2.24) is 5.32 Å². The minimum absolute atomic E-state index is 0.103. The maximum Gasteiger partial charge on any atom is 0.307 e. The lowest BCUT2D eigenvalue weighted by molar-refractivity contribution is -0.142. The van der Waals surface area contributed by atoms with E-state index in [1.54, 1.807) is 24.3 Å². The zero-order valence-electron chi connectivity index (χ0n) is 17.4. The fourth-order valence-corrected chi connectivity index (χ4v) is 3.85. The number of hydrogen-bond acceptors (Lipinski definition) is 4. The van der Waals surface area contributed by atoms with Gasteiger partial charge in [-0.2, -0.15) is 0 Å². The van der Waals surface area contributed by atoms with Crippen LogP contribution < -0.4 is 5.32 Å². The van der Waals surface area contributed by atoms with Gasteiger partial charge in [-0.05, 0) is 30.5 Å². The lowest BCUT2D eigenvalue weighted by atomic mass is 9.94. The van der Waals surface area contributed by atoms with Crippen molar-refractivity contribution < 1.29 is 24.2 Å². The van der Waals surface area contributed by atoms with Gasteiger partial charge in [-0.15, -0.1) is 0 Å². The van der Waals surface area contributed by atoms with E-state index in [0.717, 1.165) is 56.9 Å². The number of rotatable bonds is 14. The fraction of sp³-hybridized carbons (Fsp3) is 0.609. The number of amides is 1. The molecule has 6 nitrogen and oxygen atoms in total. The zero-order valence-corrected chi connectivity index (χ0v) is 18.2. The van der Waals surface area contributed by atoms with Gasteiger partial charge in [0.2, 0.25) is 5.91 Å². The Balaban J connectivity index is 1.55. The number of benzene rings is 1. The first-order valence-electron chi connectivity index (χ1n) is 10.9. The summed E-state index contributed by atoms with van der Waals surface area (Å²) < 4.78 is 5.37. The molecule has 1 aliphatic heterocycles. The summed E-state index contributed by atoms with van der Waals surface area (Å²) in [6.07, 6.45) is 9.26. The van der Waals surface area contributed by atoms with Gasteiger partial charge in [0, 0.05) is 18.0 Å². The normalized spacial score (nSPS) is 18.2. The van der Waals surface area contributed by atoms with Crippen molar-refractivity contribution in [1.29, 1.82) is 0 Å². The Labute approximate surface area is 183 Å². The number of cyclic esters (lactones) is 1. The minimum atomic E-state index is -0.713. The molecule has 1 saturated heterocycles. The summed E-state index contributed by atoms with van der Waals surface area (Å²) in [5.74, 6) is -1.70. The molecule has 1 fully saturated rings. The highest BCUT2D eigenvalue weighted by molar-refractivity contribution is 6.30. The molecule has 7 heteroatoms. The summed E-state index contributed by atoms with van der Waals surface area (Å²) in [6.45, 7) is 0.603. The molecule has 0 aliphatic carbocycles. The predicted molar refractivity (Wildman–Crippen MR) is 115 cm³/mol. The standard InChI is InChI=1S/C23H32ClNO5/c24-18-13-11-17(12-14-18)22-19(16-21(28)30-22)23(29)25-15-9-7-5-3-1-2-4-6-8-10-20(26)27/h11-14,19,22H,1-10,15-16H2,(H,25,29)(H,26,27)/t19-,22+/m0/s1. The van der Waals surface area contributed by atoms with Gasteiger partial charge < -0.3 is 15.2 Å². The monoisotopic (exact) mass is 437 g/mol. The molecule has 2 rings (SSSR count). The van der Waals surface area contributed by atoms with E-state index < -0.39 is 18.0 Å². The number of carbonyl (C=O) groups excluding carboxylic acids is 2. The van der Waals surface area contributed by atoms with Crippen LogP contribution in [0.2, 0.25) is 5.02 Å². The van der Waals surface area contributed by atoms with E-state index in [-0.39, 0.29) is 24.7 Å². The third-order valence-electron chi connectivity index (χ3n) is 5.41. The van der Waals surface area contributed by atoms with E-state index in [1.807, 2.05) is 0 Å². The summed E-state index contributed by atoms with van der Waals surface area (Å²) in [6, 6.07) is 7.04. The van der Waals surface area contributed by atoms with E-state index in [1.165, 1.54) is 6.42 Å². The van der Waals surface area contributed by atoms with Gasteiger partial charge in [0.1, 0.15) is 6.10 Å². The van der Waals surface area contributed by atoms with Gasteiger partial charge >= 0.3 is 11.9 Å². The first-order chi connectivity index (χ1) is 14.5. The number of carboxylic acids is 1. The first-order valence-corrected chi connectivity index (χ1v) is 11.3. The molecule has 0 unspecified atom stereocenters. The topological polar surface area (TPSA) is 92.7 Å². The number of ether oxygens (including phenoxy) is 1. The Morgan fingerprint density at radius 2 is 1.53 bits per heavy atom. The van der Waals surface area contributed by atoms with Crippen LogP contribution in [-0.4, -0.2) is 29.5 Å². The SMILES string of the molecule is O=C(O)CCCCCCCCCCCNC(=O)[C@H]1CC(=O)O[C@@H]1c1ccc(Cl)cc1. The third kappa shape index (κ3) is 8.74. The molecule has 0 saturated carbocycles. The van der Waals surface area contributed by atoms with E-state index in [9.17, 15) is 14.4 Å². The van der Waals surface area contributed by atoms with Crippen LogP contribution in [0.1, 0.15) is 82.3 Å². The molecule has 0 bridgehead atoms. The molecule has 1 aromatic rings. The van der Waals surface area contributed by atoms with Crippen LogP contribution in [0.5, 0.6) is 0 Å². The van der Waals surface area contributed by atoms with Crippen LogP contribution in [0.15, 0.2) is 24.3 Å². The highest BCUT2D eigenvalue weighted by atomic mass is 35.5. The van der Waals surface area contributed by atoms with E-state index in [4.69, 9.17) is 21.4 Å². The summed E-state index contributed by atoms with van der Waals surface area (Å²) >= 11 is 5.91. The molecular weight excluding hydrogens is 406 g/mol. The zero-order chi connectivity index (χ0) is 21.8. The second kappa shape index (κ2) is 13.3. The molecule has 1 aliphatic rings. The Bertz CT molecular complexity index is 691. The number of carboxylic acid groups (broad SMARTS) is 1. The van der Waals surface area contributed by atoms with Gasteiger partial charge in [-0.1, -0.05) is 68.7 Å². The Hall–Kier alpha value is -2.08. The average Bonchev–Trinajstić information content (AvgIpc) is 3.10. The van der Waals surface area contributed by atoms with Crippen LogP contribution in [0.25, 0.3) is 0 Å². The number of halogens is 1. The molecule has 0 spiro atoms. The van der Waals surface area contributed by atoms with Crippen LogP contribution in [0.3, 0.4) is 0 Å². The van der Waals surface area contributed by atoms with Crippen molar-refractivity contribution in [3.8, 4) is 0 Å². The average molecular weight is 438 g/mol. The maximum absolute atomic E-state index is 12.5. The van der Waals surface area contributed by atoms with E-state index in [0.29, 0.717) is 11.6 Å². The molecule has 0 radical (unpaired) electrons. The molecule has 1 heterocycles. The Kier molecular flexibility index (Phi) is 10.7. The highest BCUT2D eigenvalue weighted by Gasteiger charge is 2.40. The van der Waals surface area contributed by atoms with E-state index >= 15 is 0 Å². The van der Waals surface area contributed by atoms with Crippen molar-refractivity contribution >= 4 is 29.4 Å². The van der Waals surface area contributed by atoms with Gasteiger partial charge in [-0.3, -0.25) is 14.4 Å². The summed E-state index contributed by atoms with van der Waals surface area (Å²) in [4.78, 5) is 34.7. The molecule has 1 aromatic carbocycles. The highest BCUT2D eigenvalue weighted by Crippen LogP contribution is 2.35. The van der Waals surface area contributed by atoms with E-state index in [2.05, 4.69) is 5.32 Å². The second-order valence-electron chi connectivity index (χ2n) is 7.89. The lowest BCUT2D eigenvalue weighted by Crippen LogP contribution is -2.33. The number of aliphatic carboxylic acids is 1. The molecular formula is C23H32ClNO5. The molecule has 1 amide bonds. The second-order valence-corrected chi connectivity index (χ2v) is 8.33. The first kappa shape index (κ1) is 24.2. The molecule has 166 valence electrons. The number of nitrogens with one attached hydrogen (secondary N) is 1. The van der Waals surface area contributed by atoms with Crippen LogP contribution in [-0.2, 0) is 19.1 Å². The van der Waals surface area contributed by atoms with Crippen molar-refractivity contribution in [3.63, 3.8) is 0 Å². The van der Waals surface area contributed by atoms with Crippen molar-refractivity contribution in [2.75, 3.05) is 6.54 Å². The molecule has 0 aromatic heterocycles. The van der Waals surface area contributed by atoms with Crippen molar-refractivity contribution in [3.05, 3.63) is 34.9 Å². The molecule has 2 atom stereocenters. The predicted octanol–water partition coefficient (Wildman–Crippen LogP) is 5.05. The summed E-state index contributed by atoms with van der Waals surface area (Å²) in [5, 5.41) is 12.1.